The summed E-state index contributed by atoms with van der Waals surface area (Å²) < 4.78 is 32.5. The molecule has 96 valence electrons. The van der Waals surface area contributed by atoms with Crippen molar-refractivity contribution >= 4 is 47.6 Å². The molecule has 0 saturated carbocycles. The molecule has 0 aliphatic heterocycles. The van der Waals surface area contributed by atoms with Crippen molar-refractivity contribution < 1.29 is 12.9 Å². The van der Waals surface area contributed by atoms with E-state index in [1.165, 1.54) is 18.5 Å². The molecule has 1 heterocycles. The molecule has 0 atom stereocenters. The lowest BCUT2D eigenvalue weighted by Gasteiger charge is -2.09. The molecular weight excluding hydrogens is 388 g/mol. The molecule has 0 radical (unpaired) electrons. The number of halogens is 2. The lowest BCUT2D eigenvalue weighted by atomic mass is 10.2. The maximum atomic E-state index is 12.2. The zero-order valence-electron chi connectivity index (χ0n) is 9.15. The van der Waals surface area contributed by atoms with Crippen molar-refractivity contribution in [3.05, 3.63) is 39.1 Å². The SMILES string of the molecule is Cc1cc(Br)c(S(=O)(=O)Nc2cnoc2)cc1Br. The van der Waals surface area contributed by atoms with Crippen LogP contribution in [0.1, 0.15) is 5.56 Å². The molecule has 5 nitrogen and oxygen atoms in total. The van der Waals surface area contributed by atoms with Crippen LogP contribution in [-0.2, 0) is 10.0 Å². The first-order valence-corrected chi connectivity index (χ1v) is 7.85. The Labute approximate surface area is 121 Å². The van der Waals surface area contributed by atoms with E-state index in [1.807, 2.05) is 6.92 Å². The van der Waals surface area contributed by atoms with Gasteiger partial charge in [0.15, 0.2) is 0 Å². The maximum absolute atomic E-state index is 12.2. The van der Waals surface area contributed by atoms with Crippen LogP contribution in [0.25, 0.3) is 0 Å². The van der Waals surface area contributed by atoms with Crippen molar-refractivity contribution in [2.75, 3.05) is 4.72 Å². The summed E-state index contributed by atoms with van der Waals surface area (Å²) in [7, 11) is -3.68. The third-order valence-corrected chi connectivity index (χ3v) is 5.38. The molecule has 8 heteroatoms. The number of benzene rings is 1. The topological polar surface area (TPSA) is 72.2 Å². The van der Waals surface area contributed by atoms with Gasteiger partial charge < -0.3 is 4.52 Å². The van der Waals surface area contributed by atoms with Gasteiger partial charge in [-0.25, -0.2) is 8.42 Å². The van der Waals surface area contributed by atoms with E-state index < -0.39 is 10.0 Å². The summed E-state index contributed by atoms with van der Waals surface area (Å²) >= 11 is 6.55. The van der Waals surface area contributed by atoms with E-state index in [1.54, 1.807) is 6.07 Å². The molecule has 0 bridgehead atoms. The number of hydrogen-bond donors (Lipinski definition) is 1. The van der Waals surface area contributed by atoms with Crippen LogP contribution < -0.4 is 4.72 Å². The minimum Gasteiger partial charge on any atom is -0.362 e. The van der Waals surface area contributed by atoms with Crippen LogP contribution in [0.3, 0.4) is 0 Å². The molecule has 1 aromatic carbocycles. The minimum atomic E-state index is -3.68. The summed E-state index contributed by atoms with van der Waals surface area (Å²) in [5.74, 6) is 0. The van der Waals surface area contributed by atoms with Crippen LogP contribution in [0.5, 0.6) is 0 Å². The second-order valence-electron chi connectivity index (χ2n) is 3.55. The number of rotatable bonds is 3. The lowest BCUT2D eigenvalue weighted by Crippen LogP contribution is -2.13. The van der Waals surface area contributed by atoms with Gasteiger partial charge in [0.25, 0.3) is 10.0 Å². The van der Waals surface area contributed by atoms with Crippen molar-refractivity contribution in [2.24, 2.45) is 0 Å². The third-order valence-electron chi connectivity index (χ3n) is 2.19. The van der Waals surface area contributed by atoms with E-state index in [9.17, 15) is 8.42 Å². The Morgan fingerprint density at radius 1 is 1.28 bits per heavy atom. The Balaban J connectivity index is 2.44. The van der Waals surface area contributed by atoms with E-state index in [0.717, 1.165) is 10.0 Å². The molecule has 0 spiro atoms. The fourth-order valence-corrected chi connectivity index (χ4v) is 4.00. The highest BCUT2D eigenvalue weighted by molar-refractivity contribution is 9.11. The van der Waals surface area contributed by atoms with Crippen LogP contribution in [-0.4, -0.2) is 13.6 Å². The predicted octanol–water partition coefficient (Wildman–Crippen LogP) is 3.31. The Morgan fingerprint density at radius 2 is 2.00 bits per heavy atom. The van der Waals surface area contributed by atoms with Gasteiger partial charge in [-0.05, 0) is 40.5 Å². The molecule has 2 aromatic rings. The minimum absolute atomic E-state index is 0.140. The maximum Gasteiger partial charge on any atom is 0.263 e. The van der Waals surface area contributed by atoms with E-state index in [2.05, 4.69) is 46.3 Å². The molecule has 0 aliphatic rings. The van der Waals surface area contributed by atoms with Crippen LogP contribution >= 0.6 is 31.9 Å². The average Bonchev–Trinajstić information content (AvgIpc) is 2.75. The van der Waals surface area contributed by atoms with Gasteiger partial charge >= 0.3 is 0 Å². The second kappa shape index (κ2) is 5.02. The summed E-state index contributed by atoms with van der Waals surface area (Å²) in [5.41, 5.74) is 1.21. The molecule has 0 unspecified atom stereocenters. The molecule has 0 saturated heterocycles. The van der Waals surface area contributed by atoms with Crippen LogP contribution in [0, 0.1) is 6.92 Å². The lowest BCUT2D eigenvalue weighted by molar-refractivity contribution is 0.420. The molecule has 0 amide bonds. The van der Waals surface area contributed by atoms with Crippen molar-refractivity contribution in [2.45, 2.75) is 11.8 Å². The second-order valence-corrected chi connectivity index (χ2v) is 6.91. The van der Waals surface area contributed by atoms with Gasteiger partial charge in [-0.3, -0.25) is 4.72 Å². The summed E-state index contributed by atoms with van der Waals surface area (Å²) in [6.07, 6.45) is 2.50. The van der Waals surface area contributed by atoms with Gasteiger partial charge in [-0.2, -0.15) is 0 Å². The Morgan fingerprint density at radius 3 is 2.61 bits per heavy atom. The van der Waals surface area contributed by atoms with Gasteiger partial charge in [0, 0.05) is 8.95 Å². The van der Waals surface area contributed by atoms with Gasteiger partial charge in [-0.1, -0.05) is 21.1 Å². The molecule has 1 N–H and O–H groups in total. The Bertz CT molecular complexity index is 669. The van der Waals surface area contributed by atoms with Gasteiger partial charge in [0.05, 0.1) is 6.20 Å². The summed E-state index contributed by atoms with van der Waals surface area (Å²) in [4.78, 5) is 0.140. The summed E-state index contributed by atoms with van der Waals surface area (Å²) in [6, 6.07) is 3.27. The Hall–Kier alpha value is -0.860. The van der Waals surface area contributed by atoms with E-state index >= 15 is 0 Å². The number of aryl methyl sites for hydroxylation is 1. The number of nitrogens with one attached hydrogen (secondary N) is 1. The van der Waals surface area contributed by atoms with Crippen molar-refractivity contribution in [3.8, 4) is 0 Å². The van der Waals surface area contributed by atoms with E-state index in [4.69, 9.17) is 0 Å². The molecular formula is C10H8Br2N2O3S. The van der Waals surface area contributed by atoms with Gasteiger partial charge in [-0.15, -0.1) is 0 Å². The van der Waals surface area contributed by atoms with E-state index in [-0.39, 0.29) is 10.6 Å². The molecule has 0 aliphatic carbocycles. The van der Waals surface area contributed by atoms with Gasteiger partial charge in [0.2, 0.25) is 0 Å². The standard InChI is InChI=1S/C10H8Br2N2O3S/c1-6-2-9(12)10(3-8(6)11)18(15,16)14-7-4-13-17-5-7/h2-5,14H,1H3. The zero-order chi connectivity index (χ0) is 13.3. The Kier molecular flexibility index (Phi) is 3.79. The largest absolute Gasteiger partial charge is 0.362 e. The zero-order valence-corrected chi connectivity index (χ0v) is 13.1. The number of anilines is 1. The predicted molar refractivity (Wildman–Crippen MR) is 73.9 cm³/mol. The molecule has 0 fully saturated rings. The van der Waals surface area contributed by atoms with Crippen molar-refractivity contribution in [1.82, 2.24) is 5.16 Å². The first-order chi connectivity index (χ1) is 8.40. The number of sulfonamides is 1. The fraction of sp³-hybridized carbons (Fsp3) is 0.100. The fourth-order valence-electron chi connectivity index (χ4n) is 1.30. The number of nitrogens with zero attached hydrogens (tertiary/aromatic N) is 1. The smallest absolute Gasteiger partial charge is 0.263 e. The summed E-state index contributed by atoms with van der Waals surface area (Å²) in [5, 5.41) is 3.43. The first-order valence-electron chi connectivity index (χ1n) is 4.78. The normalized spacial score (nSPS) is 11.5. The highest BCUT2D eigenvalue weighted by atomic mass is 79.9. The van der Waals surface area contributed by atoms with Gasteiger partial charge in [0.1, 0.15) is 16.8 Å². The van der Waals surface area contributed by atoms with Crippen LogP contribution in [0.15, 0.2) is 43.0 Å². The number of aromatic nitrogens is 1. The van der Waals surface area contributed by atoms with Crippen molar-refractivity contribution in [1.29, 1.82) is 0 Å². The monoisotopic (exact) mass is 394 g/mol. The first kappa shape index (κ1) is 13.6. The third kappa shape index (κ3) is 2.76. The molecule has 1 aromatic heterocycles. The number of hydrogen-bond acceptors (Lipinski definition) is 4. The van der Waals surface area contributed by atoms with Crippen LogP contribution in [0.4, 0.5) is 5.69 Å². The quantitative estimate of drug-likeness (QED) is 0.865. The summed E-state index contributed by atoms with van der Waals surface area (Å²) in [6.45, 7) is 1.87. The van der Waals surface area contributed by atoms with Crippen molar-refractivity contribution in [3.63, 3.8) is 0 Å². The highest BCUT2D eigenvalue weighted by Crippen LogP contribution is 2.29. The highest BCUT2D eigenvalue weighted by Gasteiger charge is 2.19. The average molecular weight is 396 g/mol. The van der Waals surface area contributed by atoms with Crippen LogP contribution in [0.2, 0.25) is 0 Å². The molecule has 18 heavy (non-hydrogen) atoms. The van der Waals surface area contributed by atoms with E-state index in [0.29, 0.717) is 4.47 Å². The molecule has 2 rings (SSSR count).